The monoisotopic (exact) mass is 465 g/mol. The van der Waals surface area contributed by atoms with E-state index in [1.807, 2.05) is 9.80 Å². The molecule has 0 bridgehead atoms. The van der Waals surface area contributed by atoms with Crippen LogP contribution in [-0.4, -0.2) is 132 Å². The van der Waals surface area contributed by atoms with E-state index >= 15 is 0 Å². The van der Waals surface area contributed by atoms with Gasteiger partial charge < -0.3 is 16.4 Å². The van der Waals surface area contributed by atoms with Crippen LogP contribution in [0.15, 0.2) is 0 Å². The molecule has 2 N–H and O–H groups in total. The summed E-state index contributed by atoms with van der Waals surface area (Å²) in [5, 5.41) is 27.5. The molecule has 1 heterocycles. The first-order chi connectivity index (χ1) is 14.5. The first kappa shape index (κ1) is 30.7. The van der Waals surface area contributed by atoms with E-state index in [0.29, 0.717) is 52.4 Å². The fourth-order valence-corrected chi connectivity index (χ4v) is 3.25. The summed E-state index contributed by atoms with van der Waals surface area (Å²) in [5.41, 5.74) is -0.598. The number of nitriles is 1. The summed E-state index contributed by atoms with van der Waals surface area (Å²) in [6.07, 6.45) is 0. The van der Waals surface area contributed by atoms with Gasteiger partial charge >= 0.3 is 47.5 Å². The second-order valence-corrected chi connectivity index (χ2v) is 8.64. The molecule has 0 atom stereocenters. The van der Waals surface area contributed by atoms with E-state index in [1.54, 1.807) is 30.6 Å². The maximum atomic E-state index is 12.3. The summed E-state index contributed by atoms with van der Waals surface area (Å²) < 4.78 is 5.41. The van der Waals surface area contributed by atoms with Gasteiger partial charge in [0.15, 0.2) is 0 Å². The molecule has 0 spiro atoms. The molecule has 0 saturated carbocycles. The molecular weight excluding hydrogens is 429 g/mol. The second kappa shape index (κ2) is 15.6. The standard InChI is InChI=1S/C20H35N5O6.Na.H/c1-20(2,3)31-19(30)16-25-9-7-22(5-4-21)6-8-23(14-17(26)27)10-11-24(12-13-25)15-18(28)29;;/h5-16H2,1-3H3,(H,26,27)(H,28,29);;/q;+1;-1. The molecule has 0 unspecified atom stereocenters. The number of esters is 1. The van der Waals surface area contributed by atoms with Gasteiger partial charge in [0.05, 0.1) is 32.2 Å². The first-order valence-electron chi connectivity index (χ1n) is 10.4. The van der Waals surface area contributed by atoms with Crippen LogP contribution in [0, 0.1) is 11.3 Å². The van der Waals surface area contributed by atoms with Crippen molar-refractivity contribution in [2.24, 2.45) is 0 Å². The molecule has 12 heteroatoms. The van der Waals surface area contributed by atoms with Crippen LogP contribution >= 0.6 is 0 Å². The summed E-state index contributed by atoms with van der Waals surface area (Å²) in [7, 11) is 0. The molecule has 1 aliphatic heterocycles. The van der Waals surface area contributed by atoms with E-state index in [-0.39, 0.29) is 63.1 Å². The predicted octanol–water partition coefficient (Wildman–Crippen LogP) is -3.64. The fraction of sp³-hybridized carbons (Fsp3) is 0.800. The molecule has 1 rings (SSSR count). The first-order valence-corrected chi connectivity index (χ1v) is 10.4. The summed E-state index contributed by atoms with van der Waals surface area (Å²) in [6, 6.07) is 2.13. The van der Waals surface area contributed by atoms with Crippen molar-refractivity contribution in [3.05, 3.63) is 0 Å². The number of carbonyl (C=O) groups is 3. The van der Waals surface area contributed by atoms with Crippen LogP contribution in [0.5, 0.6) is 0 Å². The van der Waals surface area contributed by atoms with E-state index in [4.69, 9.17) is 15.1 Å². The fourth-order valence-electron chi connectivity index (χ4n) is 3.25. The van der Waals surface area contributed by atoms with E-state index < -0.39 is 17.5 Å². The van der Waals surface area contributed by atoms with Crippen molar-refractivity contribution in [1.29, 1.82) is 5.26 Å². The molecule has 11 nitrogen and oxygen atoms in total. The predicted molar refractivity (Wildman–Crippen MR) is 114 cm³/mol. The van der Waals surface area contributed by atoms with Gasteiger partial charge in [0, 0.05) is 52.4 Å². The van der Waals surface area contributed by atoms with Crippen LogP contribution in [-0.2, 0) is 19.1 Å². The van der Waals surface area contributed by atoms with E-state index in [1.165, 1.54) is 0 Å². The number of nitrogens with zero attached hydrogens (tertiary/aromatic N) is 5. The average Bonchev–Trinajstić information content (AvgIpc) is 2.61. The molecule has 0 radical (unpaired) electrons. The topological polar surface area (TPSA) is 138 Å². The van der Waals surface area contributed by atoms with Crippen molar-refractivity contribution in [1.82, 2.24) is 19.6 Å². The van der Waals surface area contributed by atoms with Gasteiger partial charge in [0.2, 0.25) is 0 Å². The summed E-state index contributed by atoms with van der Waals surface area (Å²) >= 11 is 0. The van der Waals surface area contributed by atoms with Crippen molar-refractivity contribution >= 4 is 17.9 Å². The minimum absolute atomic E-state index is 0. The molecule has 1 fully saturated rings. The van der Waals surface area contributed by atoms with Crippen LogP contribution < -0.4 is 29.6 Å². The van der Waals surface area contributed by atoms with Gasteiger partial charge in [0.25, 0.3) is 0 Å². The summed E-state index contributed by atoms with van der Waals surface area (Å²) in [6.45, 7) is 8.97. The number of carboxylic acids is 2. The minimum Gasteiger partial charge on any atom is -1.00 e. The Morgan fingerprint density at radius 1 is 0.812 bits per heavy atom. The van der Waals surface area contributed by atoms with Crippen LogP contribution in [0.25, 0.3) is 0 Å². The van der Waals surface area contributed by atoms with Crippen molar-refractivity contribution in [2.45, 2.75) is 26.4 Å². The Hall–Kier alpha value is -1.26. The van der Waals surface area contributed by atoms with E-state index in [9.17, 15) is 19.5 Å². The van der Waals surface area contributed by atoms with Crippen molar-refractivity contribution in [2.75, 3.05) is 78.5 Å². The van der Waals surface area contributed by atoms with E-state index in [2.05, 4.69) is 6.07 Å². The van der Waals surface area contributed by atoms with Crippen molar-refractivity contribution in [3.63, 3.8) is 0 Å². The zero-order valence-electron chi connectivity index (χ0n) is 20.7. The number of aliphatic carboxylic acids is 2. The molecule has 178 valence electrons. The number of carbonyl (C=O) groups excluding carboxylic acids is 1. The molecule has 32 heavy (non-hydrogen) atoms. The third-order valence-corrected chi connectivity index (χ3v) is 4.71. The molecule has 1 aliphatic rings. The molecule has 1 saturated heterocycles. The molecule has 0 aromatic heterocycles. The Balaban J connectivity index is 0. The number of hydrogen-bond acceptors (Lipinski definition) is 9. The molecule has 0 aliphatic carbocycles. The molecular formula is C20H36N5NaO6. The average molecular weight is 466 g/mol. The quantitative estimate of drug-likeness (QED) is 0.219. The summed E-state index contributed by atoms with van der Waals surface area (Å²) in [4.78, 5) is 42.1. The zero-order chi connectivity index (χ0) is 23.4. The largest absolute Gasteiger partial charge is 1.00 e. The molecule has 0 aromatic carbocycles. The maximum Gasteiger partial charge on any atom is 1.00 e. The van der Waals surface area contributed by atoms with Gasteiger partial charge in [-0.25, -0.2) is 0 Å². The molecule has 0 aromatic rings. The van der Waals surface area contributed by atoms with Crippen LogP contribution in [0.1, 0.15) is 22.2 Å². The normalized spacial score (nSPS) is 18.4. The number of hydrogen-bond donors (Lipinski definition) is 2. The SMILES string of the molecule is CC(C)(C)OC(=O)CN1CCN(CC#N)CCN(CC(=O)O)CCN(CC(=O)O)CC1.[H-].[Na+]. The third-order valence-electron chi connectivity index (χ3n) is 4.71. The van der Waals surface area contributed by atoms with Gasteiger partial charge in [-0.2, -0.15) is 5.26 Å². The number of rotatable bonds is 7. The molecule has 0 amide bonds. The van der Waals surface area contributed by atoms with Gasteiger partial charge in [-0.3, -0.25) is 34.0 Å². The smallest absolute Gasteiger partial charge is 1.00 e. The van der Waals surface area contributed by atoms with Crippen LogP contribution in [0.3, 0.4) is 0 Å². The number of carboxylic acid groups (broad SMARTS) is 2. The van der Waals surface area contributed by atoms with E-state index in [0.717, 1.165) is 0 Å². The Labute approximate surface area is 213 Å². The van der Waals surface area contributed by atoms with Gasteiger partial charge in [-0.1, -0.05) is 0 Å². The minimum atomic E-state index is -0.962. The van der Waals surface area contributed by atoms with Crippen LogP contribution in [0.2, 0.25) is 0 Å². The van der Waals surface area contributed by atoms with Crippen LogP contribution in [0.4, 0.5) is 0 Å². The Bertz CT molecular complexity index is 658. The maximum absolute atomic E-state index is 12.3. The second-order valence-electron chi connectivity index (χ2n) is 8.64. The van der Waals surface area contributed by atoms with Gasteiger partial charge in [0.1, 0.15) is 5.60 Å². The Kier molecular flexibility index (Phi) is 14.9. The van der Waals surface area contributed by atoms with Gasteiger partial charge in [-0.15, -0.1) is 0 Å². The third kappa shape index (κ3) is 14.7. The van der Waals surface area contributed by atoms with Crippen molar-refractivity contribution in [3.8, 4) is 6.07 Å². The Morgan fingerprint density at radius 2 is 1.16 bits per heavy atom. The zero-order valence-corrected chi connectivity index (χ0v) is 21.7. The summed E-state index contributed by atoms with van der Waals surface area (Å²) in [5.74, 6) is -2.27. The van der Waals surface area contributed by atoms with Gasteiger partial charge in [-0.05, 0) is 20.8 Å². The number of ether oxygens (including phenoxy) is 1. The van der Waals surface area contributed by atoms with Crippen molar-refractivity contribution < 1.29 is 60.3 Å². The Morgan fingerprint density at radius 3 is 1.47 bits per heavy atom.